The highest BCUT2D eigenvalue weighted by Gasteiger charge is 2.30. The van der Waals surface area contributed by atoms with Crippen molar-refractivity contribution in [2.45, 2.75) is 76.9 Å². The molecule has 0 nitrogen and oxygen atoms in total. The van der Waals surface area contributed by atoms with Crippen LogP contribution in [0.15, 0.2) is 18.2 Å². The molecule has 3 rings (SSSR count). The van der Waals surface area contributed by atoms with Gasteiger partial charge in [-0.25, -0.2) is 0 Å². The van der Waals surface area contributed by atoms with Crippen LogP contribution < -0.4 is 0 Å². The van der Waals surface area contributed by atoms with E-state index in [1.54, 1.807) is 11.1 Å². The first kappa shape index (κ1) is 15.2. The maximum absolute atomic E-state index is 2.44. The number of hydrogen-bond acceptors (Lipinski definition) is 0. The van der Waals surface area contributed by atoms with Gasteiger partial charge < -0.3 is 0 Å². The third-order valence-corrected chi connectivity index (χ3v) is 6.59. The van der Waals surface area contributed by atoms with Gasteiger partial charge in [-0.05, 0) is 74.0 Å². The zero-order valence-corrected chi connectivity index (χ0v) is 14.2. The summed E-state index contributed by atoms with van der Waals surface area (Å²) in [4.78, 5) is 0. The summed E-state index contributed by atoms with van der Waals surface area (Å²) in [5.41, 5.74) is 4.66. The SMILES string of the molecule is BC1CCC(C2CCC(c3cccc(C)c3C)CC2)CC1. The number of aryl methyl sites for hydroxylation is 1. The quantitative estimate of drug-likeness (QED) is 0.655. The zero-order valence-electron chi connectivity index (χ0n) is 14.2. The van der Waals surface area contributed by atoms with Gasteiger partial charge >= 0.3 is 0 Å². The molecule has 2 aliphatic rings. The van der Waals surface area contributed by atoms with Crippen LogP contribution in [0.3, 0.4) is 0 Å². The van der Waals surface area contributed by atoms with Crippen LogP contribution in [0, 0.1) is 25.7 Å². The Morgan fingerprint density at radius 3 is 2.00 bits per heavy atom. The van der Waals surface area contributed by atoms with Crippen molar-refractivity contribution >= 4 is 7.85 Å². The lowest BCUT2D eigenvalue weighted by Crippen LogP contribution is -2.24. The first-order valence-electron chi connectivity index (χ1n) is 9.21. The largest absolute Gasteiger partial charge is 0.105 e. The maximum Gasteiger partial charge on any atom is 0.105 e. The van der Waals surface area contributed by atoms with Crippen molar-refractivity contribution in [1.29, 1.82) is 0 Å². The molecular formula is C20H31B. The Balaban J connectivity index is 1.59. The molecule has 0 heterocycles. The maximum atomic E-state index is 2.44. The molecule has 0 aliphatic heterocycles. The molecule has 0 spiro atoms. The molecule has 0 saturated heterocycles. The summed E-state index contributed by atoms with van der Waals surface area (Å²) >= 11 is 0. The fourth-order valence-electron chi connectivity index (χ4n) is 4.87. The van der Waals surface area contributed by atoms with E-state index < -0.39 is 0 Å². The van der Waals surface area contributed by atoms with E-state index >= 15 is 0 Å². The second-order valence-electron chi connectivity index (χ2n) is 7.92. The average Bonchev–Trinajstić information content (AvgIpc) is 2.51. The van der Waals surface area contributed by atoms with E-state index in [1.807, 2.05) is 0 Å². The van der Waals surface area contributed by atoms with Gasteiger partial charge in [-0.1, -0.05) is 49.7 Å². The van der Waals surface area contributed by atoms with Crippen LogP contribution in [0.4, 0.5) is 0 Å². The topological polar surface area (TPSA) is 0 Å². The third kappa shape index (κ3) is 3.38. The van der Waals surface area contributed by atoms with Crippen molar-refractivity contribution in [2.75, 3.05) is 0 Å². The van der Waals surface area contributed by atoms with Crippen molar-refractivity contribution in [1.82, 2.24) is 0 Å². The predicted molar refractivity (Wildman–Crippen MR) is 94.9 cm³/mol. The average molecular weight is 282 g/mol. The van der Waals surface area contributed by atoms with Gasteiger partial charge in [0.15, 0.2) is 0 Å². The minimum absolute atomic E-state index is 0.837. The van der Waals surface area contributed by atoms with Crippen LogP contribution >= 0.6 is 0 Å². The Morgan fingerprint density at radius 2 is 1.38 bits per heavy atom. The Hall–Kier alpha value is -0.715. The molecule has 1 aromatic carbocycles. The van der Waals surface area contributed by atoms with Crippen LogP contribution in [0.5, 0.6) is 0 Å². The molecule has 2 saturated carbocycles. The van der Waals surface area contributed by atoms with Crippen LogP contribution in [-0.4, -0.2) is 7.85 Å². The second-order valence-corrected chi connectivity index (χ2v) is 7.92. The van der Waals surface area contributed by atoms with Crippen molar-refractivity contribution in [3.8, 4) is 0 Å². The van der Waals surface area contributed by atoms with Gasteiger partial charge in [0.25, 0.3) is 0 Å². The normalized spacial score (nSPS) is 33.8. The Morgan fingerprint density at radius 1 is 0.810 bits per heavy atom. The summed E-state index contributed by atoms with van der Waals surface area (Å²) in [6.45, 7) is 4.58. The standard InChI is InChI=1S/C20H31B/c1-14-4-3-5-20(15(14)2)18-8-6-16(7-9-18)17-10-12-19(21)13-11-17/h3-5,16-19H,6-13,21H2,1-2H3. The van der Waals surface area contributed by atoms with E-state index in [4.69, 9.17) is 0 Å². The molecule has 1 aromatic rings. The highest BCUT2D eigenvalue weighted by molar-refractivity contribution is 6.11. The highest BCUT2D eigenvalue weighted by Crippen LogP contribution is 2.44. The summed E-state index contributed by atoms with van der Waals surface area (Å²) < 4.78 is 0. The predicted octanol–water partition coefficient (Wildman–Crippen LogP) is 5.19. The van der Waals surface area contributed by atoms with Gasteiger partial charge in [0.2, 0.25) is 0 Å². The Kier molecular flexibility index (Phi) is 4.77. The van der Waals surface area contributed by atoms with Gasteiger partial charge in [0.05, 0.1) is 0 Å². The minimum atomic E-state index is 0.837. The van der Waals surface area contributed by atoms with Gasteiger partial charge in [-0.2, -0.15) is 0 Å². The minimum Gasteiger partial charge on any atom is -0.0697 e. The van der Waals surface area contributed by atoms with Gasteiger partial charge in [-0.15, -0.1) is 0 Å². The lowest BCUT2D eigenvalue weighted by molar-refractivity contribution is 0.186. The van der Waals surface area contributed by atoms with Crippen LogP contribution in [0.2, 0.25) is 5.82 Å². The molecule has 114 valence electrons. The van der Waals surface area contributed by atoms with Crippen LogP contribution in [0.1, 0.15) is 74.0 Å². The molecule has 0 N–H and O–H groups in total. The monoisotopic (exact) mass is 282 g/mol. The number of hydrogen-bond donors (Lipinski definition) is 0. The van der Waals surface area contributed by atoms with Gasteiger partial charge in [0.1, 0.15) is 7.85 Å². The lowest BCUT2D eigenvalue weighted by atomic mass is 9.65. The van der Waals surface area contributed by atoms with E-state index in [9.17, 15) is 0 Å². The number of benzene rings is 1. The summed E-state index contributed by atoms with van der Waals surface area (Å²) in [6, 6.07) is 6.90. The summed E-state index contributed by atoms with van der Waals surface area (Å²) in [5, 5.41) is 0. The zero-order chi connectivity index (χ0) is 14.8. The molecule has 0 bridgehead atoms. The molecule has 0 radical (unpaired) electrons. The first-order valence-corrected chi connectivity index (χ1v) is 9.21. The summed E-state index contributed by atoms with van der Waals surface area (Å²) in [7, 11) is 2.44. The third-order valence-electron chi connectivity index (χ3n) is 6.59. The van der Waals surface area contributed by atoms with Crippen molar-refractivity contribution in [3.63, 3.8) is 0 Å². The van der Waals surface area contributed by atoms with Crippen LogP contribution in [-0.2, 0) is 0 Å². The molecule has 0 aromatic heterocycles. The smallest absolute Gasteiger partial charge is 0.0697 e. The second kappa shape index (κ2) is 6.59. The van der Waals surface area contributed by atoms with Crippen molar-refractivity contribution in [2.24, 2.45) is 11.8 Å². The fraction of sp³-hybridized carbons (Fsp3) is 0.700. The van der Waals surface area contributed by atoms with E-state index in [2.05, 4.69) is 39.9 Å². The Bertz CT molecular complexity index is 463. The molecule has 0 atom stereocenters. The summed E-state index contributed by atoms with van der Waals surface area (Å²) in [6.07, 6.45) is 11.8. The van der Waals surface area contributed by atoms with Crippen molar-refractivity contribution < 1.29 is 0 Å². The van der Waals surface area contributed by atoms with E-state index in [1.165, 1.54) is 56.9 Å². The fourth-order valence-corrected chi connectivity index (χ4v) is 4.87. The lowest BCUT2D eigenvalue weighted by Gasteiger charge is -2.37. The van der Waals surface area contributed by atoms with Crippen LogP contribution in [0.25, 0.3) is 0 Å². The molecule has 0 amide bonds. The highest BCUT2D eigenvalue weighted by atomic mass is 14.4. The van der Waals surface area contributed by atoms with Gasteiger partial charge in [-0.3, -0.25) is 0 Å². The summed E-state index contributed by atoms with van der Waals surface area (Å²) in [5.74, 6) is 3.93. The molecule has 1 heteroatoms. The molecule has 2 aliphatic carbocycles. The van der Waals surface area contributed by atoms with E-state index in [0.29, 0.717) is 0 Å². The molecule has 21 heavy (non-hydrogen) atoms. The van der Waals surface area contributed by atoms with Gasteiger partial charge in [0, 0.05) is 0 Å². The first-order chi connectivity index (χ1) is 10.1. The molecule has 2 fully saturated rings. The van der Waals surface area contributed by atoms with E-state index in [-0.39, 0.29) is 0 Å². The Labute approximate surface area is 132 Å². The number of rotatable bonds is 2. The molecular weight excluding hydrogens is 251 g/mol. The molecule has 0 unspecified atom stereocenters. The van der Waals surface area contributed by atoms with E-state index in [0.717, 1.165) is 23.6 Å². The van der Waals surface area contributed by atoms with Crippen molar-refractivity contribution in [3.05, 3.63) is 34.9 Å².